The van der Waals surface area contributed by atoms with Crippen LogP contribution < -0.4 is 5.32 Å². The fraction of sp³-hybridized carbons (Fsp3) is 0.778. The highest BCUT2D eigenvalue weighted by atomic mass is 32.1. The highest BCUT2D eigenvalue weighted by molar-refractivity contribution is 7.09. The van der Waals surface area contributed by atoms with Crippen molar-refractivity contribution in [1.82, 2.24) is 10.2 Å². The third-order valence-corrected chi connectivity index (χ3v) is 5.66. The Bertz CT molecular complexity index is 380. The lowest BCUT2D eigenvalue weighted by atomic mass is 9.73. The molecular formula is C18H32N2S. The maximum Gasteiger partial charge on any atom is 0.00579 e. The molecule has 0 bridgehead atoms. The molecule has 1 N–H and O–H groups in total. The minimum Gasteiger partial charge on any atom is -0.314 e. The van der Waals surface area contributed by atoms with Crippen molar-refractivity contribution in [3.8, 4) is 0 Å². The first-order valence-electron chi connectivity index (χ1n) is 8.54. The molecule has 1 aliphatic rings. The van der Waals surface area contributed by atoms with Crippen molar-refractivity contribution in [2.24, 2.45) is 5.41 Å². The predicted octanol–water partition coefficient (Wildman–Crippen LogP) is 4.17. The van der Waals surface area contributed by atoms with Gasteiger partial charge in [0, 0.05) is 30.6 Å². The molecule has 1 aliphatic carbocycles. The normalized spacial score (nSPS) is 18.5. The standard InChI is InChI=1S/C18H32N2S/c1-16(2)19-14-18(10-5-4-6-11-18)15-20(3)12-9-17-8-7-13-21-17/h7-8,13,16,19H,4-6,9-12,14-15H2,1-3H3. The Morgan fingerprint density at radius 1 is 1.29 bits per heavy atom. The molecule has 1 aromatic rings. The summed E-state index contributed by atoms with van der Waals surface area (Å²) in [6.07, 6.45) is 8.26. The van der Waals surface area contributed by atoms with E-state index >= 15 is 0 Å². The SMILES string of the molecule is CC(C)NCC1(CN(C)CCc2cccs2)CCCCC1. The van der Waals surface area contributed by atoms with Crippen LogP contribution in [0.4, 0.5) is 0 Å². The second kappa shape index (κ2) is 8.30. The first-order chi connectivity index (χ1) is 10.1. The summed E-state index contributed by atoms with van der Waals surface area (Å²) in [7, 11) is 2.30. The Hall–Kier alpha value is -0.380. The summed E-state index contributed by atoms with van der Waals surface area (Å²) >= 11 is 1.89. The number of rotatable bonds is 8. The Kier molecular flexibility index (Phi) is 6.72. The van der Waals surface area contributed by atoms with Crippen LogP contribution in [0.3, 0.4) is 0 Å². The average Bonchev–Trinajstić information content (AvgIpc) is 2.97. The molecular weight excluding hydrogens is 276 g/mol. The summed E-state index contributed by atoms with van der Waals surface area (Å²) < 4.78 is 0. The second-order valence-corrected chi connectivity index (χ2v) is 8.20. The van der Waals surface area contributed by atoms with Gasteiger partial charge < -0.3 is 10.2 Å². The summed E-state index contributed by atoms with van der Waals surface area (Å²) in [6.45, 7) is 8.14. The topological polar surface area (TPSA) is 15.3 Å². The fourth-order valence-corrected chi connectivity index (χ4v) is 4.22. The van der Waals surface area contributed by atoms with Crippen LogP contribution in [-0.2, 0) is 6.42 Å². The zero-order chi connectivity index (χ0) is 15.1. The first kappa shape index (κ1) is 17.0. The molecule has 1 fully saturated rings. The molecule has 2 rings (SSSR count). The molecule has 0 atom stereocenters. The van der Waals surface area contributed by atoms with Gasteiger partial charge in [-0.3, -0.25) is 0 Å². The van der Waals surface area contributed by atoms with Gasteiger partial charge in [0.15, 0.2) is 0 Å². The van der Waals surface area contributed by atoms with E-state index in [2.05, 4.69) is 48.6 Å². The van der Waals surface area contributed by atoms with Gasteiger partial charge in [0.1, 0.15) is 0 Å². The minimum absolute atomic E-state index is 0.507. The van der Waals surface area contributed by atoms with Gasteiger partial charge in [-0.1, -0.05) is 39.2 Å². The van der Waals surface area contributed by atoms with E-state index in [1.807, 2.05) is 11.3 Å². The van der Waals surface area contributed by atoms with Crippen molar-refractivity contribution < 1.29 is 0 Å². The summed E-state index contributed by atoms with van der Waals surface area (Å²) in [5.74, 6) is 0. The third-order valence-electron chi connectivity index (χ3n) is 4.72. The lowest BCUT2D eigenvalue weighted by molar-refractivity contribution is 0.115. The molecule has 0 aliphatic heterocycles. The van der Waals surface area contributed by atoms with Gasteiger partial charge >= 0.3 is 0 Å². The van der Waals surface area contributed by atoms with E-state index in [1.165, 1.54) is 63.0 Å². The Labute approximate surface area is 134 Å². The van der Waals surface area contributed by atoms with E-state index < -0.39 is 0 Å². The van der Waals surface area contributed by atoms with Gasteiger partial charge in [-0.25, -0.2) is 0 Å². The lowest BCUT2D eigenvalue weighted by Gasteiger charge is -2.41. The molecule has 0 amide bonds. The Morgan fingerprint density at radius 3 is 2.67 bits per heavy atom. The van der Waals surface area contributed by atoms with Gasteiger partial charge in [0.25, 0.3) is 0 Å². The number of nitrogens with zero attached hydrogens (tertiary/aromatic N) is 1. The highest BCUT2D eigenvalue weighted by Gasteiger charge is 2.32. The van der Waals surface area contributed by atoms with Crippen molar-refractivity contribution in [3.05, 3.63) is 22.4 Å². The molecule has 1 heterocycles. The Morgan fingerprint density at radius 2 is 2.05 bits per heavy atom. The first-order valence-corrected chi connectivity index (χ1v) is 9.42. The second-order valence-electron chi connectivity index (χ2n) is 7.16. The summed E-state index contributed by atoms with van der Waals surface area (Å²) in [6, 6.07) is 5.02. The quantitative estimate of drug-likeness (QED) is 0.775. The van der Waals surface area contributed by atoms with Gasteiger partial charge in [-0.2, -0.15) is 0 Å². The maximum absolute atomic E-state index is 3.71. The monoisotopic (exact) mass is 308 g/mol. The fourth-order valence-electron chi connectivity index (χ4n) is 3.52. The number of thiophene rings is 1. The maximum atomic E-state index is 3.71. The summed E-state index contributed by atoms with van der Waals surface area (Å²) in [4.78, 5) is 4.08. The smallest absolute Gasteiger partial charge is 0.00579 e. The highest BCUT2D eigenvalue weighted by Crippen LogP contribution is 2.36. The van der Waals surface area contributed by atoms with E-state index in [4.69, 9.17) is 0 Å². The Balaban J connectivity index is 1.84. The van der Waals surface area contributed by atoms with Gasteiger partial charge in [0.2, 0.25) is 0 Å². The van der Waals surface area contributed by atoms with Crippen molar-refractivity contribution in [2.45, 2.75) is 58.4 Å². The van der Waals surface area contributed by atoms with Crippen LogP contribution in [0.5, 0.6) is 0 Å². The van der Waals surface area contributed by atoms with Crippen LogP contribution in [-0.4, -0.2) is 37.6 Å². The number of hydrogen-bond acceptors (Lipinski definition) is 3. The van der Waals surface area contributed by atoms with Crippen LogP contribution in [0.1, 0.15) is 50.8 Å². The van der Waals surface area contributed by atoms with Crippen LogP contribution in [0.25, 0.3) is 0 Å². The zero-order valence-electron chi connectivity index (χ0n) is 14.0. The number of nitrogens with one attached hydrogen (secondary N) is 1. The zero-order valence-corrected chi connectivity index (χ0v) is 14.8. The minimum atomic E-state index is 0.507. The van der Waals surface area contributed by atoms with E-state index in [1.54, 1.807) is 0 Å². The number of likely N-dealkylation sites (N-methyl/N-ethyl adjacent to an activating group) is 1. The van der Waals surface area contributed by atoms with Crippen LogP contribution in [0.2, 0.25) is 0 Å². The molecule has 0 radical (unpaired) electrons. The van der Waals surface area contributed by atoms with Crippen molar-refractivity contribution >= 4 is 11.3 Å². The van der Waals surface area contributed by atoms with Crippen LogP contribution in [0, 0.1) is 5.41 Å². The van der Waals surface area contributed by atoms with Crippen molar-refractivity contribution in [1.29, 1.82) is 0 Å². The predicted molar refractivity (Wildman–Crippen MR) is 94.2 cm³/mol. The van der Waals surface area contributed by atoms with E-state index in [0.29, 0.717) is 11.5 Å². The molecule has 0 spiro atoms. The third kappa shape index (κ3) is 5.72. The van der Waals surface area contributed by atoms with E-state index in [9.17, 15) is 0 Å². The van der Waals surface area contributed by atoms with E-state index in [-0.39, 0.29) is 0 Å². The summed E-state index contributed by atoms with van der Waals surface area (Å²) in [5.41, 5.74) is 0.507. The van der Waals surface area contributed by atoms with Gasteiger partial charge in [-0.05, 0) is 43.2 Å². The number of hydrogen-bond donors (Lipinski definition) is 1. The lowest BCUT2D eigenvalue weighted by Crippen LogP contribution is -2.46. The molecule has 0 unspecified atom stereocenters. The molecule has 0 aromatic carbocycles. The van der Waals surface area contributed by atoms with Crippen LogP contribution >= 0.6 is 11.3 Å². The molecule has 1 aromatic heterocycles. The van der Waals surface area contributed by atoms with Gasteiger partial charge in [-0.15, -0.1) is 11.3 Å². The van der Waals surface area contributed by atoms with E-state index in [0.717, 1.165) is 0 Å². The van der Waals surface area contributed by atoms with Crippen LogP contribution in [0.15, 0.2) is 17.5 Å². The van der Waals surface area contributed by atoms with Crippen molar-refractivity contribution in [3.63, 3.8) is 0 Å². The largest absolute Gasteiger partial charge is 0.314 e. The molecule has 2 nitrogen and oxygen atoms in total. The van der Waals surface area contributed by atoms with Gasteiger partial charge in [0.05, 0.1) is 0 Å². The molecule has 21 heavy (non-hydrogen) atoms. The molecule has 3 heteroatoms. The molecule has 1 saturated carbocycles. The summed E-state index contributed by atoms with van der Waals surface area (Å²) in [5, 5.41) is 5.89. The molecule has 0 saturated heterocycles. The van der Waals surface area contributed by atoms with Crippen molar-refractivity contribution in [2.75, 3.05) is 26.7 Å². The average molecular weight is 309 g/mol. The molecule has 120 valence electrons.